The largest absolute Gasteiger partial charge is 0.395 e. The molecule has 0 bridgehead atoms. The van der Waals surface area contributed by atoms with Crippen molar-refractivity contribution in [3.63, 3.8) is 0 Å². The summed E-state index contributed by atoms with van der Waals surface area (Å²) in [6.07, 6.45) is 29.5. The molecule has 0 spiro atoms. The Morgan fingerprint density at radius 2 is 1.42 bits per heavy atom. The predicted octanol–water partition coefficient (Wildman–Crippen LogP) is 6.11. The van der Waals surface area contributed by atoms with Crippen LogP contribution in [0.25, 0.3) is 0 Å². The minimum atomic E-state index is 0.234. The van der Waals surface area contributed by atoms with E-state index < -0.39 is 0 Å². The van der Waals surface area contributed by atoms with Gasteiger partial charge in [-0.05, 0) is 32.1 Å². The van der Waals surface area contributed by atoms with Crippen molar-refractivity contribution in [2.75, 3.05) is 13.2 Å². The van der Waals surface area contributed by atoms with E-state index in [1.807, 2.05) is 6.20 Å². The molecule has 1 aliphatic heterocycles. The molecule has 0 radical (unpaired) electrons. The number of nitrogens with zero attached hydrogens (tertiary/aromatic N) is 1. The zero-order valence-electron chi connectivity index (χ0n) is 17.3. The number of hydrogen-bond acceptors (Lipinski definition) is 3. The highest BCUT2D eigenvalue weighted by atomic mass is 16.3. The van der Waals surface area contributed by atoms with Crippen LogP contribution in [0, 0.1) is 0 Å². The first-order valence-corrected chi connectivity index (χ1v) is 11.3. The van der Waals surface area contributed by atoms with Gasteiger partial charge in [0, 0.05) is 18.9 Å². The lowest BCUT2D eigenvalue weighted by Gasteiger charge is -2.24. The second kappa shape index (κ2) is 17.5. The quantitative estimate of drug-likeness (QED) is 0.227. The summed E-state index contributed by atoms with van der Waals surface area (Å²) in [6, 6.07) is 0. The van der Waals surface area contributed by atoms with Gasteiger partial charge in [0.1, 0.15) is 0 Å². The lowest BCUT2D eigenvalue weighted by molar-refractivity contribution is 0.194. The maximum Gasteiger partial charge on any atom is 0.0982 e. The molecule has 1 rings (SSSR count). The predicted molar refractivity (Wildman–Crippen MR) is 114 cm³/mol. The van der Waals surface area contributed by atoms with Gasteiger partial charge in [0.15, 0.2) is 0 Å². The van der Waals surface area contributed by atoms with Gasteiger partial charge in [-0.3, -0.25) is 0 Å². The molecule has 0 saturated heterocycles. The minimum absolute atomic E-state index is 0.234. The van der Waals surface area contributed by atoms with E-state index in [1.165, 1.54) is 96.3 Å². The van der Waals surface area contributed by atoms with E-state index >= 15 is 0 Å². The van der Waals surface area contributed by atoms with Gasteiger partial charge >= 0.3 is 0 Å². The highest BCUT2D eigenvalue weighted by molar-refractivity contribution is 4.93. The van der Waals surface area contributed by atoms with Crippen LogP contribution in [-0.2, 0) is 0 Å². The molecule has 0 aromatic rings. The molecular formula is C23H44N2O. The summed E-state index contributed by atoms with van der Waals surface area (Å²) in [4.78, 5) is 2.21. The first-order chi connectivity index (χ1) is 12.9. The molecular weight excluding hydrogens is 320 g/mol. The molecule has 1 unspecified atom stereocenters. The van der Waals surface area contributed by atoms with Crippen LogP contribution in [0.1, 0.15) is 103 Å². The lowest BCUT2D eigenvalue weighted by atomic mass is 10.0. The first-order valence-electron chi connectivity index (χ1n) is 11.3. The van der Waals surface area contributed by atoms with Crippen LogP contribution in [0.4, 0.5) is 0 Å². The van der Waals surface area contributed by atoms with Crippen molar-refractivity contribution >= 4 is 0 Å². The Balaban J connectivity index is 1.76. The number of unbranched alkanes of at least 4 members (excludes halogenated alkanes) is 12. The Kier molecular flexibility index (Phi) is 15.5. The molecule has 1 atom stereocenters. The van der Waals surface area contributed by atoms with Gasteiger partial charge in [0.2, 0.25) is 0 Å². The fourth-order valence-electron chi connectivity index (χ4n) is 3.62. The molecule has 1 heterocycles. The summed E-state index contributed by atoms with van der Waals surface area (Å²) in [5.41, 5.74) is 0. The maximum atomic E-state index is 9.05. The summed E-state index contributed by atoms with van der Waals surface area (Å²) >= 11 is 0. The van der Waals surface area contributed by atoms with Crippen LogP contribution in [-0.4, -0.2) is 29.3 Å². The van der Waals surface area contributed by atoms with Crippen molar-refractivity contribution in [2.45, 2.75) is 109 Å². The van der Waals surface area contributed by atoms with Crippen LogP contribution in [0.2, 0.25) is 0 Å². The monoisotopic (exact) mass is 364 g/mol. The van der Waals surface area contributed by atoms with Gasteiger partial charge in [-0.2, -0.15) is 0 Å². The Hall–Kier alpha value is -0.960. The van der Waals surface area contributed by atoms with E-state index in [2.05, 4.69) is 35.5 Å². The van der Waals surface area contributed by atoms with Crippen molar-refractivity contribution in [2.24, 2.45) is 0 Å². The number of allylic oxidation sites excluding steroid dienone is 2. The Labute approximate surface area is 162 Å². The number of aliphatic hydroxyl groups is 1. The van der Waals surface area contributed by atoms with E-state index in [0.29, 0.717) is 6.17 Å². The Morgan fingerprint density at radius 3 is 2.04 bits per heavy atom. The Morgan fingerprint density at radius 1 is 0.846 bits per heavy atom. The minimum Gasteiger partial charge on any atom is -0.395 e. The van der Waals surface area contributed by atoms with Crippen LogP contribution < -0.4 is 5.32 Å². The van der Waals surface area contributed by atoms with Crippen LogP contribution in [0.5, 0.6) is 0 Å². The van der Waals surface area contributed by atoms with E-state index in [0.717, 1.165) is 6.54 Å². The standard InChI is InChI=1S/C23H44N2O/c1-2-3-4-5-6-7-8-9-10-11-12-13-14-15-16-17-18-23-24-19-20-25(23)21-22-26/h5-6,19-20,23-24,26H,2-4,7-18,21-22H2,1H3/b6-5+. The summed E-state index contributed by atoms with van der Waals surface area (Å²) < 4.78 is 0. The summed E-state index contributed by atoms with van der Waals surface area (Å²) in [7, 11) is 0. The van der Waals surface area contributed by atoms with Crippen molar-refractivity contribution in [3.8, 4) is 0 Å². The highest BCUT2D eigenvalue weighted by Gasteiger charge is 2.16. The number of nitrogens with one attached hydrogen (secondary N) is 1. The van der Waals surface area contributed by atoms with E-state index in [1.54, 1.807) is 0 Å². The van der Waals surface area contributed by atoms with Gasteiger partial charge in [0.05, 0.1) is 12.8 Å². The summed E-state index contributed by atoms with van der Waals surface area (Å²) in [5.74, 6) is 0. The summed E-state index contributed by atoms with van der Waals surface area (Å²) in [5, 5.41) is 12.4. The average Bonchev–Trinajstić information content (AvgIpc) is 3.09. The molecule has 152 valence electrons. The highest BCUT2D eigenvalue weighted by Crippen LogP contribution is 2.15. The van der Waals surface area contributed by atoms with E-state index in [4.69, 9.17) is 5.11 Å². The molecule has 0 saturated carbocycles. The SMILES string of the molecule is CCCC/C=C/CCCCCCCCCCCCC1NC=CN1CCO. The second-order valence-corrected chi connectivity index (χ2v) is 7.69. The van der Waals surface area contributed by atoms with Gasteiger partial charge in [0.25, 0.3) is 0 Å². The number of β-amino-alcohol motifs (C(OH)–C–C–N with tert-alkyl or cyclic N) is 1. The Bertz CT molecular complexity index is 354. The molecule has 26 heavy (non-hydrogen) atoms. The van der Waals surface area contributed by atoms with Crippen molar-refractivity contribution in [1.82, 2.24) is 10.2 Å². The lowest BCUT2D eigenvalue weighted by Crippen LogP contribution is -2.36. The molecule has 3 heteroatoms. The molecule has 0 aromatic heterocycles. The van der Waals surface area contributed by atoms with Gasteiger partial charge in [-0.1, -0.05) is 83.3 Å². The number of aliphatic hydroxyl groups excluding tert-OH is 1. The fraction of sp³-hybridized carbons (Fsp3) is 0.826. The maximum absolute atomic E-state index is 9.05. The van der Waals surface area contributed by atoms with Crippen molar-refractivity contribution in [1.29, 1.82) is 0 Å². The molecule has 1 aliphatic rings. The fourth-order valence-corrected chi connectivity index (χ4v) is 3.62. The number of rotatable bonds is 18. The molecule has 2 N–H and O–H groups in total. The zero-order chi connectivity index (χ0) is 18.7. The number of hydrogen-bond donors (Lipinski definition) is 2. The third-order valence-electron chi connectivity index (χ3n) is 5.30. The zero-order valence-corrected chi connectivity index (χ0v) is 17.3. The van der Waals surface area contributed by atoms with Crippen LogP contribution in [0.3, 0.4) is 0 Å². The molecule has 3 nitrogen and oxygen atoms in total. The van der Waals surface area contributed by atoms with Crippen LogP contribution in [0.15, 0.2) is 24.6 Å². The van der Waals surface area contributed by atoms with Gasteiger partial charge in [-0.25, -0.2) is 0 Å². The average molecular weight is 365 g/mol. The van der Waals surface area contributed by atoms with Gasteiger partial charge < -0.3 is 15.3 Å². The van der Waals surface area contributed by atoms with E-state index in [-0.39, 0.29) is 6.61 Å². The third-order valence-corrected chi connectivity index (χ3v) is 5.30. The summed E-state index contributed by atoms with van der Waals surface area (Å²) in [6.45, 7) is 3.23. The van der Waals surface area contributed by atoms with Crippen LogP contribution >= 0.6 is 0 Å². The molecule has 0 aromatic carbocycles. The van der Waals surface area contributed by atoms with Gasteiger partial charge in [-0.15, -0.1) is 0 Å². The smallest absolute Gasteiger partial charge is 0.0982 e. The topological polar surface area (TPSA) is 35.5 Å². The molecule has 0 amide bonds. The molecule has 0 aliphatic carbocycles. The molecule has 0 fully saturated rings. The van der Waals surface area contributed by atoms with Crippen molar-refractivity contribution in [3.05, 3.63) is 24.6 Å². The van der Waals surface area contributed by atoms with Crippen molar-refractivity contribution < 1.29 is 5.11 Å². The van der Waals surface area contributed by atoms with E-state index in [9.17, 15) is 0 Å². The first kappa shape index (κ1) is 23.1. The second-order valence-electron chi connectivity index (χ2n) is 7.69. The normalized spacial score (nSPS) is 16.7. The third kappa shape index (κ3) is 12.4.